The van der Waals surface area contributed by atoms with Gasteiger partial charge in [-0.1, -0.05) is 58.2 Å². The van der Waals surface area contributed by atoms with Crippen molar-refractivity contribution >= 4 is 11.7 Å². The van der Waals surface area contributed by atoms with Gasteiger partial charge in [-0.2, -0.15) is 0 Å². The Morgan fingerprint density at radius 3 is 2.57 bits per heavy atom. The van der Waals surface area contributed by atoms with E-state index < -0.39 is 0 Å². The Balaban J connectivity index is 1.58. The second kappa shape index (κ2) is 12.4. The van der Waals surface area contributed by atoms with Crippen LogP contribution < -0.4 is 10.2 Å². The van der Waals surface area contributed by atoms with Crippen LogP contribution >= 0.6 is 0 Å². The van der Waals surface area contributed by atoms with Crippen LogP contribution in [0, 0.1) is 5.92 Å². The molecule has 0 unspecified atom stereocenters. The highest BCUT2D eigenvalue weighted by Crippen LogP contribution is 2.20. The van der Waals surface area contributed by atoms with E-state index in [1.165, 1.54) is 37.7 Å². The van der Waals surface area contributed by atoms with E-state index in [0.29, 0.717) is 5.70 Å². The maximum absolute atomic E-state index is 12.1. The lowest BCUT2D eigenvalue weighted by Crippen LogP contribution is -2.38. The molecular weight excluding hydrogens is 348 g/mol. The van der Waals surface area contributed by atoms with Crippen LogP contribution in [0.5, 0.6) is 0 Å². The number of nitrogens with zero attached hydrogens (tertiary/aromatic N) is 1. The average molecular weight is 385 g/mol. The topological polar surface area (TPSA) is 41.6 Å². The van der Waals surface area contributed by atoms with Gasteiger partial charge >= 0.3 is 6.03 Å². The molecule has 28 heavy (non-hydrogen) atoms. The van der Waals surface area contributed by atoms with E-state index in [-0.39, 0.29) is 6.03 Å². The van der Waals surface area contributed by atoms with Gasteiger partial charge in [0.15, 0.2) is 0 Å². The third-order valence-corrected chi connectivity index (χ3v) is 4.92. The summed E-state index contributed by atoms with van der Waals surface area (Å²) in [4.78, 5) is 13.7. The summed E-state index contributed by atoms with van der Waals surface area (Å²) in [5, 5.41) is 2.73. The van der Waals surface area contributed by atoms with Crippen LogP contribution in [-0.2, 0) is 11.2 Å². The molecular formula is C24H36N2O2. The number of allylic oxidation sites excluding steroid dienone is 1. The monoisotopic (exact) mass is 384 g/mol. The van der Waals surface area contributed by atoms with Gasteiger partial charge in [0.2, 0.25) is 0 Å². The molecule has 0 saturated heterocycles. The number of urea groups is 1. The zero-order valence-corrected chi connectivity index (χ0v) is 17.6. The second-order valence-electron chi connectivity index (χ2n) is 7.98. The van der Waals surface area contributed by atoms with Crippen LogP contribution in [0.15, 0.2) is 48.8 Å². The standard InChI is InChI=1S/C24H36N2O2/c1-20(2)11-6-4-5-8-17-28-18-9-7-12-22-13-10-14-23(19-22)26-16-15-21(3)25-24(26)27/h10,13-16,19-20H,3-9,11-12,17-18H2,1-2H3,(H,25,27). The smallest absolute Gasteiger partial charge is 0.330 e. The van der Waals surface area contributed by atoms with E-state index >= 15 is 0 Å². The van der Waals surface area contributed by atoms with Crippen LogP contribution in [0.1, 0.15) is 64.4 Å². The van der Waals surface area contributed by atoms with Crippen LogP contribution in [0.25, 0.3) is 0 Å². The summed E-state index contributed by atoms with van der Waals surface area (Å²) in [6.45, 7) is 10.1. The van der Waals surface area contributed by atoms with Crippen molar-refractivity contribution in [1.82, 2.24) is 5.32 Å². The molecule has 0 aliphatic carbocycles. The molecule has 0 bridgehead atoms. The van der Waals surface area contributed by atoms with Crippen molar-refractivity contribution in [2.75, 3.05) is 18.1 Å². The maximum Gasteiger partial charge on any atom is 0.330 e. The third kappa shape index (κ3) is 8.30. The average Bonchev–Trinajstić information content (AvgIpc) is 2.66. The van der Waals surface area contributed by atoms with Crippen molar-refractivity contribution in [1.29, 1.82) is 0 Å². The summed E-state index contributed by atoms with van der Waals surface area (Å²) in [6.07, 6.45) is 13.2. The molecule has 0 radical (unpaired) electrons. The lowest BCUT2D eigenvalue weighted by Gasteiger charge is -2.23. The molecule has 1 heterocycles. The number of rotatable bonds is 13. The Labute approximate surface area is 170 Å². The van der Waals surface area contributed by atoms with E-state index in [1.807, 2.05) is 12.1 Å². The Hall–Kier alpha value is -2.07. The quantitative estimate of drug-likeness (QED) is 0.412. The molecule has 0 fully saturated rings. The summed E-state index contributed by atoms with van der Waals surface area (Å²) < 4.78 is 5.76. The van der Waals surface area contributed by atoms with Gasteiger partial charge in [-0.05, 0) is 55.4 Å². The number of anilines is 1. The van der Waals surface area contributed by atoms with E-state index in [4.69, 9.17) is 4.74 Å². The third-order valence-electron chi connectivity index (χ3n) is 4.92. The molecule has 4 nitrogen and oxygen atoms in total. The molecule has 0 atom stereocenters. The van der Waals surface area contributed by atoms with Crippen molar-refractivity contribution in [2.45, 2.75) is 65.2 Å². The van der Waals surface area contributed by atoms with Gasteiger partial charge in [-0.3, -0.25) is 4.90 Å². The summed E-state index contributed by atoms with van der Waals surface area (Å²) in [5.41, 5.74) is 2.74. The van der Waals surface area contributed by atoms with Crippen molar-refractivity contribution in [3.8, 4) is 0 Å². The molecule has 2 amide bonds. The van der Waals surface area contributed by atoms with Crippen molar-refractivity contribution in [3.05, 3.63) is 54.4 Å². The molecule has 2 rings (SSSR count). The largest absolute Gasteiger partial charge is 0.381 e. The highest BCUT2D eigenvalue weighted by atomic mass is 16.5. The normalized spacial score (nSPS) is 14.0. The Morgan fingerprint density at radius 2 is 1.82 bits per heavy atom. The highest BCUT2D eigenvalue weighted by Gasteiger charge is 2.17. The number of unbranched alkanes of at least 4 members (excludes halogenated alkanes) is 4. The number of aryl methyl sites for hydroxylation is 1. The summed E-state index contributed by atoms with van der Waals surface area (Å²) in [7, 11) is 0. The van der Waals surface area contributed by atoms with Crippen molar-refractivity contribution < 1.29 is 9.53 Å². The molecule has 1 aromatic rings. The summed E-state index contributed by atoms with van der Waals surface area (Å²) >= 11 is 0. The summed E-state index contributed by atoms with van der Waals surface area (Å²) in [6, 6.07) is 7.99. The van der Waals surface area contributed by atoms with Gasteiger partial charge in [0, 0.05) is 25.1 Å². The first-order valence-electron chi connectivity index (χ1n) is 10.7. The lowest BCUT2D eigenvalue weighted by molar-refractivity contribution is 0.126. The molecule has 1 aliphatic rings. The second-order valence-corrected chi connectivity index (χ2v) is 7.98. The number of hydrogen-bond donors (Lipinski definition) is 1. The van der Waals surface area contributed by atoms with Crippen LogP contribution in [0.3, 0.4) is 0 Å². The van der Waals surface area contributed by atoms with Gasteiger partial charge in [-0.15, -0.1) is 0 Å². The Bertz CT molecular complexity index is 652. The number of carbonyl (C=O) groups excluding carboxylic acids is 1. The molecule has 1 N–H and O–H groups in total. The van der Waals surface area contributed by atoms with Crippen LogP contribution in [-0.4, -0.2) is 19.2 Å². The number of hydrogen-bond acceptors (Lipinski definition) is 2. The molecule has 1 aromatic carbocycles. The minimum absolute atomic E-state index is 0.165. The molecule has 1 aliphatic heterocycles. The van der Waals surface area contributed by atoms with Crippen LogP contribution in [0.2, 0.25) is 0 Å². The van der Waals surface area contributed by atoms with Crippen molar-refractivity contribution in [3.63, 3.8) is 0 Å². The predicted octanol–water partition coefficient (Wildman–Crippen LogP) is 6.19. The Kier molecular flexibility index (Phi) is 9.84. The summed E-state index contributed by atoms with van der Waals surface area (Å²) in [5.74, 6) is 0.824. The van der Waals surface area contributed by atoms with Gasteiger partial charge in [0.25, 0.3) is 0 Å². The fourth-order valence-corrected chi connectivity index (χ4v) is 3.28. The highest BCUT2D eigenvalue weighted by molar-refractivity contribution is 5.96. The zero-order valence-electron chi connectivity index (χ0n) is 17.6. The Morgan fingerprint density at radius 1 is 1.07 bits per heavy atom. The van der Waals surface area contributed by atoms with E-state index in [9.17, 15) is 4.79 Å². The molecule has 0 saturated carbocycles. The van der Waals surface area contributed by atoms with Crippen LogP contribution in [0.4, 0.5) is 10.5 Å². The maximum atomic E-state index is 12.1. The lowest BCUT2D eigenvalue weighted by atomic mass is 10.0. The van der Waals surface area contributed by atoms with Gasteiger partial charge in [0.05, 0.1) is 5.69 Å². The molecule has 0 aromatic heterocycles. The zero-order chi connectivity index (χ0) is 20.2. The fraction of sp³-hybridized carbons (Fsp3) is 0.542. The molecule has 0 spiro atoms. The number of benzene rings is 1. The van der Waals surface area contributed by atoms with E-state index in [1.54, 1.807) is 17.2 Å². The van der Waals surface area contributed by atoms with E-state index in [0.717, 1.165) is 44.1 Å². The molecule has 154 valence electrons. The van der Waals surface area contributed by atoms with Gasteiger partial charge in [-0.25, -0.2) is 4.79 Å². The SMILES string of the molecule is C=C1C=CN(c2cccc(CCCCOCCCCCCC(C)C)c2)C(=O)N1. The molecule has 4 heteroatoms. The van der Waals surface area contributed by atoms with E-state index in [2.05, 4.69) is 37.9 Å². The minimum Gasteiger partial charge on any atom is -0.381 e. The minimum atomic E-state index is -0.165. The first-order valence-corrected chi connectivity index (χ1v) is 10.7. The van der Waals surface area contributed by atoms with Gasteiger partial charge in [0.1, 0.15) is 0 Å². The van der Waals surface area contributed by atoms with Gasteiger partial charge < -0.3 is 10.1 Å². The fourth-order valence-electron chi connectivity index (χ4n) is 3.28. The number of ether oxygens (including phenoxy) is 1. The first-order chi connectivity index (χ1) is 13.6. The predicted molar refractivity (Wildman–Crippen MR) is 117 cm³/mol. The number of carbonyl (C=O) groups is 1. The number of nitrogens with one attached hydrogen (secondary N) is 1. The van der Waals surface area contributed by atoms with Crippen molar-refractivity contribution in [2.24, 2.45) is 5.92 Å². The first kappa shape index (κ1) is 22.2. The number of amides is 2.